The summed E-state index contributed by atoms with van der Waals surface area (Å²) >= 11 is 0. The van der Waals surface area contributed by atoms with Crippen LogP contribution >= 0.6 is 0 Å². The molecule has 2 aliphatic carbocycles. The standard InChI is InChI=1S/C22H30F2O3/c1-3-4-15-5-8-18(26-13-15)14-27-17-9-6-16(7-10-17)19-11-12-20(25-2)22(24)21(19)23/h6,9,15,18H,3-5,7-8,10-14H2,1-2H3. The van der Waals surface area contributed by atoms with Crippen LogP contribution in [-0.2, 0) is 14.2 Å². The van der Waals surface area contributed by atoms with Crippen LogP contribution in [0.3, 0.4) is 0 Å². The normalized spacial score (nSPS) is 26.7. The van der Waals surface area contributed by atoms with Gasteiger partial charge in [0.25, 0.3) is 0 Å². The monoisotopic (exact) mass is 380 g/mol. The number of rotatable bonds is 7. The molecule has 0 radical (unpaired) electrons. The first-order chi connectivity index (χ1) is 13.1. The second-order valence-electron chi connectivity index (χ2n) is 7.56. The fourth-order valence-electron chi connectivity index (χ4n) is 4.02. The molecule has 0 aromatic rings. The largest absolute Gasteiger partial charge is 0.498 e. The highest BCUT2D eigenvalue weighted by molar-refractivity contribution is 5.45. The van der Waals surface area contributed by atoms with Gasteiger partial charge in [0.15, 0.2) is 11.7 Å². The molecule has 150 valence electrons. The van der Waals surface area contributed by atoms with Gasteiger partial charge in [-0.25, -0.2) is 8.78 Å². The Balaban J connectivity index is 1.53. The van der Waals surface area contributed by atoms with Gasteiger partial charge < -0.3 is 14.2 Å². The zero-order valence-electron chi connectivity index (χ0n) is 16.4. The summed E-state index contributed by atoms with van der Waals surface area (Å²) in [7, 11) is 1.37. The molecule has 2 atom stereocenters. The average Bonchev–Trinajstić information content (AvgIpc) is 2.70. The van der Waals surface area contributed by atoms with Crippen molar-refractivity contribution in [3.05, 3.63) is 46.5 Å². The number of hydrogen-bond donors (Lipinski definition) is 0. The van der Waals surface area contributed by atoms with Crippen molar-refractivity contribution in [1.82, 2.24) is 0 Å². The van der Waals surface area contributed by atoms with E-state index in [2.05, 4.69) is 6.92 Å². The lowest BCUT2D eigenvalue weighted by Crippen LogP contribution is -2.29. The molecular formula is C22H30F2O3. The van der Waals surface area contributed by atoms with Gasteiger partial charge in [0.1, 0.15) is 12.4 Å². The Kier molecular flexibility index (Phi) is 7.11. The number of hydrogen-bond acceptors (Lipinski definition) is 3. The van der Waals surface area contributed by atoms with E-state index in [1.54, 1.807) is 0 Å². The van der Waals surface area contributed by atoms with Crippen molar-refractivity contribution >= 4 is 0 Å². The van der Waals surface area contributed by atoms with E-state index in [1.165, 1.54) is 26.4 Å². The first-order valence-corrected chi connectivity index (χ1v) is 10.1. The molecule has 1 heterocycles. The first-order valence-electron chi connectivity index (χ1n) is 10.1. The molecule has 3 nitrogen and oxygen atoms in total. The van der Waals surface area contributed by atoms with Crippen LogP contribution in [0, 0.1) is 5.92 Å². The lowest BCUT2D eigenvalue weighted by molar-refractivity contribution is -0.0515. The topological polar surface area (TPSA) is 27.7 Å². The van der Waals surface area contributed by atoms with Crippen LogP contribution in [0.4, 0.5) is 8.78 Å². The van der Waals surface area contributed by atoms with Crippen molar-refractivity contribution in [3.63, 3.8) is 0 Å². The van der Waals surface area contributed by atoms with Crippen LogP contribution < -0.4 is 0 Å². The average molecular weight is 380 g/mol. The predicted molar refractivity (Wildman–Crippen MR) is 101 cm³/mol. The van der Waals surface area contributed by atoms with E-state index in [0.717, 1.165) is 24.4 Å². The molecule has 3 aliphatic rings. The molecule has 27 heavy (non-hydrogen) atoms. The summed E-state index contributed by atoms with van der Waals surface area (Å²) in [6.45, 7) is 3.61. The predicted octanol–water partition coefficient (Wildman–Crippen LogP) is 6.05. The Labute approximate surface area is 160 Å². The molecule has 0 bridgehead atoms. The highest BCUT2D eigenvalue weighted by Crippen LogP contribution is 2.38. The number of allylic oxidation sites excluding steroid dienone is 8. The van der Waals surface area contributed by atoms with Crippen LogP contribution in [0.2, 0.25) is 0 Å². The van der Waals surface area contributed by atoms with E-state index >= 15 is 0 Å². The minimum Gasteiger partial charge on any atom is -0.498 e. The molecular weight excluding hydrogens is 350 g/mol. The van der Waals surface area contributed by atoms with E-state index in [1.807, 2.05) is 12.2 Å². The molecule has 0 spiro atoms. The lowest BCUT2D eigenvalue weighted by atomic mass is 9.89. The second-order valence-corrected chi connectivity index (χ2v) is 7.56. The minimum absolute atomic E-state index is 0.0980. The maximum absolute atomic E-state index is 14.3. The van der Waals surface area contributed by atoms with Gasteiger partial charge in [0.05, 0.1) is 19.0 Å². The third-order valence-corrected chi connectivity index (χ3v) is 5.67. The smallest absolute Gasteiger partial charge is 0.196 e. The van der Waals surface area contributed by atoms with Crippen molar-refractivity contribution in [1.29, 1.82) is 0 Å². The second kappa shape index (κ2) is 9.54. The molecule has 1 fully saturated rings. The van der Waals surface area contributed by atoms with Gasteiger partial charge in [-0.1, -0.05) is 19.4 Å². The van der Waals surface area contributed by atoms with Crippen molar-refractivity contribution < 1.29 is 23.0 Å². The highest BCUT2D eigenvalue weighted by atomic mass is 19.2. The zero-order chi connectivity index (χ0) is 19.2. The van der Waals surface area contributed by atoms with Crippen LogP contribution in [0.15, 0.2) is 46.5 Å². The molecule has 1 aliphatic heterocycles. The van der Waals surface area contributed by atoms with Crippen LogP contribution in [0.5, 0.6) is 0 Å². The molecule has 3 rings (SSSR count). The van der Waals surface area contributed by atoms with Gasteiger partial charge in [-0.2, -0.15) is 0 Å². The summed E-state index contributed by atoms with van der Waals surface area (Å²) in [6, 6.07) is 0. The van der Waals surface area contributed by atoms with Crippen molar-refractivity contribution in [2.45, 2.75) is 64.4 Å². The van der Waals surface area contributed by atoms with Crippen molar-refractivity contribution in [3.8, 4) is 0 Å². The Bertz CT molecular complexity index is 652. The third-order valence-electron chi connectivity index (χ3n) is 5.67. The summed E-state index contributed by atoms with van der Waals surface area (Å²) < 4.78 is 45.0. The number of ether oxygens (including phenoxy) is 3. The molecule has 5 heteroatoms. The van der Waals surface area contributed by atoms with Crippen LogP contribution in [0.25, 0.3) is 0 Å². The van der Waals surface area contributed by atoms with Gasteiger partial charge in [-0.15, -0.1) is 0 Å². The van der Waals surface area contributed by atoms with E-state index in [-0.39, 0.29) is 11.9 Å². The number of methoxy groups -OCH3 is 1. The highest BCUT2D eigenvalue weighted by Gasteiger charge is 2.26. The molecule has 1 saturated heterocycles. The molecule has 0 saturated carbocycles. The summed E-state index contributed by atoms with van der Waals surface area (Å²) in [5.74, 6) is 0.0440. The Hall–Kier alpha value is -1.62. The first kappa shape index (κ1) is 20.1. The fourth-order valence-corrected chi connectivity index (χ4v) is 4.02. The Morgan fingerprint density at radius 3 is 2.56 bits per heavy atom. The van der Waals surface area contributed by atoms with Crippen LogP contribution in [-0.4, -0.2) is 26.4 Å². The van der Waals surface area contributed by atoms with Gasteiger partial charge in [-0.05, 0) is 55.2 Å². The van der Waals surface area contributed by atoms with Crippen molar-refractivity contribution in [2.75, 3.05) is 20.3 Å². The summed E-state index contributed by atoms with van der Waals surface area (Å²) in [5.41, 5.74) is 1.31. The Morgan fingerprint density at radius 2 is 1.93 bits per heavy atom. The maximum Gasteiger partial charge on any atom is 0.196 e. The van der Waals surface area contributed by atoms with Gasteiger partial charge in [0.2, 0.25) is 0 Å². The fraction of sp³-hybridized carbons (Fsp3) is 0.636. The van der Waals surface area contributed by atoms with Crippen LogP contribution in [0.1, 0.15) is 58.3 Å². The maximum atomic E-state index is 14.3. The molecule has 0 amide bonds. The van der Waals surface area contributed by atoms with E-state index < -0.39 is 11.7 Å². The van der Waals surface area contributed by atoms with Gasteiger partial charge >= 0.3 is 0 Å². The SMILES string of the molecule is CCCC1CCC(COC2=CC=C(C3=C(F)C(F)=C(OC)CC3)CC2)OC1. The third kappa shape index (κ3) is 5.01. The summed E-state index contributed by atoms with van der Waals surface area (Å²) in [6.07, 6.45) is 10.8. The van der Waals surface area contributed by atoms with E-state index in [0.29, 0.717) is 43.8 Å². The van der Waals surface area contributed by atoms with Crippen molar-refractivity contribution in [2.24, 2.45) is 5.92 Å². The zero-order valence-corrected chi connectivity index (χ0v) is 16.4. The van der Waals surface area contributed by atoms with E-state index in [9.17, 15) is 8.78 Å². The quantitative estimate of drug-likeness (QED) is 0.538. The molecule has 0 N–H and O–H groups in total. The molecule has 0 aromatic carbocycles. The summed E-state index contributed by atoms with van der Waals surface area (Å²) in [5, 5.41) is 0. The van der Waals surface area contributed by atoms with Gasteiger partial charge in [0, 0.05) is 19.4 Å². The summed E-state index contributed by atoms with van der Waals surface area (Å²) in [4.78, 5) is 0. The molecule has 2 unspecified atom stereocenters. The molecule has 0 aromatic heterocycles. The van der Waals surface area contributed by atoms with Gasteiger partial charge in [-0.3, -0.25) is 0 Å². The van der Waals surface area contributed by atoms with E-state index in [4.69, 9.17) is 14.2 Å². The minimum atomic E-state index is -0.860. The lowest BCUT2D eigenvalue weighted by Gasteiger charge is -2.29. The number of halogens is 2. The Morgan fingerprint density at radius 1 is 1.07 bits per heavy atom.